The van der Waals surface area contributed by atoms with Crippen molar-refractivity contribution in [3.63, 3.8) is 0 Å². The van der Waals surface area contributed by atoms with Gasteiger partial charge in [-0.2, -0.15) is 0 Å². The SMILES string of the molecule is CCCS(=O)(=O)Nc1cccc(NC(=O)CNCCOC)c1C.Cl. The van der Waals surface area contributed by atoms with Crippen LogP contribution in [0.2, 0.25) is 0 Å². The minimum Gasteiger partial charge on any atom is -0.383 e. The molecule has 0 spiro atoms. The Morgan fingerprint density at radius 2 is 1.92 bits per heavy atom. The fraction of sp³-hybridized carbons (Fsp3) is 0.533. The number of anilines is 2. The number of nitrogens with one attached hydrogen (secondary N) is 3. The number of ether oxygens (including phenoxy) is 1. The maximum atomic E-state index is 11.9. The minimum absolute atomic E-state index is 0. The second-order valence-corrected chi connectivity index (χ2v) is 6.96. The highest BCUT2D eigenvalue weighted by atomic mass is 35.5. The second-order valence-electron chi connectivity index (χ2n) is 5.12. The molecule has 9 heteroatoms. The molecule has 0 atom stereocenters. The molecule has 0 aromatic heterocycles. The maximum absolute atomic E-state index is 11.9. The number of carbonyl (C=O) groups is 1. The van der Waals surface area contributed by atoms with E-state index in [9.17, 15) is 13.2 Å². The van der Waals surface area contributed by atoms with E-state index in [1.54, 1.807) is 39.2 Å². The molecule has 1 aromatic carbocycles. The molecule has 0 aliphatic rings. The summed E-state index contributed by atoms with van der Waals surface area (Å²) in [7, 11) is -1.77. The standard InChI is InChI=1S/C15H25N3O4S.ClH/c1-4-10-23(20,21)18-14-7-5-6-13(12(14)2)17-15(19)11-16-8-9-22-3;/h5-7,16,18H,4,8-11H2,1-3H3,(H,17,19);1H. The van der Waals surface area contributed by atoms with Crippen LogP contribution in [-0.2, 0) is 19.6 Å². The van der Waals surface area contributed by atoms with Crippen LogP contribution in [0.15, 0.2) is 18.2 Å². The lowest BCUT2D eigenvalue weighted by Gasteiger charge is -2.14. The Hall–Kier alpha value is -1.35. The van der Waals surface area contributed by atoms with Crippen molar-refractivity contribution in [1.29, 1.82) is 0 Å². The quantitative estimate of drug-likeness (QED) is 0.538. The lowest BCUT2D eigenvalue weighted by molar-refractivity contribution is -0.115. The number of benzene rings is 1. The van der Waals surface area contributed by atoms with Crippen LogP contribution in [-0.4, -0.2) is 46.9 Å². The third-order valence-corrected chi connectivity index (χ3v) is 4.59. The summed E-state index contributed by atoms with van der Waals surface area (Å²) in [5.41, 5.74) is 1.74. The fourth-order valence-corrected chi connectivity index (χ4v) is 3.14. The number of hydrogen-bond acceptors (Lipinski definition) is 5. The van der Waals surface area contributed by atoms with E-state index in [0.29, 0.717) is 36.5 Å². The van der Waals surface area contributed by atoms with E-state index < -0.39 is 10.0 Å². The first-order valence-corrected chi connectivity index (χ1v) is 9.14. The van der Waals surface area contributed by atoms with Crippen LogP contribution < -0.4 is 15.4 Å². The third kappa shape index (κ3) is 7.96. The summed E-state index contributed by atoms with van der Waals surface area (Å²) in [6.45, 7) is 4.84. The highest BCUT2D eigenvalue weighted by Crippen LogP contribution is 2.24. The molecule has 0 heterocycles. The lowest BCUT2D eigenvalue weighted by Crippen LogP contribution is -2.30. The Balaban J connectivity index is 0.00000529. The van der Waals surface area contributed by atoms with Crippen LogP contribution in [0.25, 0.3) is 0 Å². The van der Waals surface area contributed by atoms with Gasteiger partial charge < -0.3 is 15.4 Å². The van der Waals surface area contributed by atoms with Crippen LogP contribution in [0, 0.1) is 6.92 Å². The van der Waals surface area contributed by atoms with Gasteiger partial charge in [0.25, 0.3) is 0 Å². The smallest absolute Gasteiger partial charge is 0.238 e. The maximum Gasteiger partial charge on any atom is 0.238 e. The normalized spacial score (nSPS) is 10.8. The van der Waals surface area contributed by atoms with Crippen molar-refractivity contribution in [3.05, 3.63) is 23.8 Å². The number of sulfonamides is 1. The van der Waals surface area contributed by atoms with E-state index in [4.69, 9.17) is 4.74 Å². The van der Waals surface area contributed by atoms with Crippen LogP contribution in [0.5, 0.6) is 0 Å². The third-order valence-electron chi connectivity index (χ3n) is 3.11. The van der Waals surface area contributed by atoms with Crippen LogP contribution in [0.3, 0.4) is 0 Å². The molecule has 0 radical (unpaired) electrons. The van der Waals surface area contributed by atoms with E-state index >= 15 is 0 Å². The average molecular weight is 380 g/mol. The molecule has 1 rings (SSSR count). The first-order chi connectivity index (χ1) is 10.9. The van der Waals surface area contributed by atoms with Crippen molar-refractivity contribution in [2.24, 2.45) is 0 Å². The first kappa shape index (κ1) is 22.6. The van der Waals surface area contributed by atoms with E-state index in [1.165, 1.54) is 0 Å². The Morgan fingerprint density at radius 3 is 2.54 bits per heavy atom. The summed E-state index contributed by atoms with van der Waals surface area (Å²) in [5, 5.41) is 5.72. The summed E-state index contributed by atoms with van der Waals surface area (Å²) < 4.78 is 31.2. The number of amides is 1. The highest BCUT2D eigenvalue weighted by molar-refractivity contribution is 7.92. The van der Waals surface area contributed by atoms with Crippen molar-refractivity contribution >= 4 is 39.7 Å². The Labute approximate surface area is 150 Å². The van der Waals surface area contributed by atoms with Gasteiger partial charge in [0.15, 0.2) is 0 Å². The van der Waals surface area contributed by atoms with E-state index in [2.05, 4.69) is 15.4 Å². The summed E-state index contributed by atoms with van der Waals surface area (Å²) in [5.74, 6) is -0.135. The van der Waals surface area contributed by atoms with E-state index in [0.717, 1.165) is 0 Å². The van der Waals surface area contributed by atoms with Gasteiger partial charge in [0.05, 0.1) is 24.6 Å². The monoisotopic (exact) mass is 379 g/mol. The van der Waals surface area contributed by atoms with Crippen molar-refractivity contribution in [3.8, 4) is 0 Å². The molecule has 0 aliphatic carbocycles. The van der Waals surface area contributed by atoms with Crippen molar-refractivity contribution < 1.29 is 17.9 Å². The molecular formula is C15H26ClN3O4S. The summed E-state index contributed by atoms with van der Waals surface area (Å²) >= 11 is 0. The lowest BCUT2D eigenvalue weighted by atomic mass is 10.1. The van der Waals surface area contributed by atoms with Crippen LogP contribution in [0.4, 0.5) is 11.4 Å². The van der Waals surface area contributed by atoms with Crippen LogP contribution >= 0.6 is 12.4 Å². The van der Waals surface area contributed by atoms with Gasteiger partial charge in [0.2, 0.25) is 15.9 Å². The van der Waals surface area contributed by atoms with Crippen molar-refractivity contribution in [1.82, 2.24) is 5.32 Å². The Morgan fingerprint density at radius 1 is 1.25 bits per heavy atom. The molecule has 1 aromatic rings. The van der Waals surface area contributed by atoms with Gasteiger partial charge in [-0.05, 0) is 31.0 Å². The van der Waals surface area contributed by atoms with Gasteiger partial charge in [0.1, 0.15) is 0 Å². The molecule has 0 bridgehead atoms. The largest absolute Gasteiger partial charge is 0.383 e. The van der Waals surface area contributed by atoms with Gasteiger partial charge in [0, 0.05) is 19.3 Å². The summed E-state index contributed by atoms with van der Waals surface area (Å²) in [6, 6.07) is 5.11. The molecule has 138 valence electrons. The molecular weight excluding hydrogens is 354 g/mol. The van der Waals surface area contributed by atoms with Crippen LogP contribution in [0.1, 0.15) is 18.9 Å². The molecule has 7 nitrogen and oxygen atoms in total. The van der Waals surface area contributed by atoms with Gasteiger partial charge in [-0.25, -0.2) is 8.42 Å². The van der Waals surface area contributed by atoms with E-state index in [1.807, 2.05) is 0 Å². The molecule has 0 aliphatic heterocycles. The second kappa shape index (κ2) is 11.2. The van der Waals surface area contributed by atoms with Crippen molar-refractivity contribution in [2.75, 3.05) is 42.6 Å². The Kier molecular flexibility index (Phi) is 10.6. The molecule has 1 amide bonds. The first-order valence-electron chi connectivity index (χ1n) is 7.49. The minimum atomic E-state index is -3.36. The topological polar surface area (TPSA) is 96.5 Å². The zero-order valence-corrected chi connectivity index (χ0v) is 15.9. The molecule has 3 N–H and O–H groups in total. The zero-order valence-electron chi connectivity index (χ0n) is 14.2. The van der Waals surface area contributed by atoms with Gasteiger partial charge in [-0.1, -0.05) is 13.0 Å². The van der Waals surface area contributed by atoms with Crippen molar-refractivity contribution in [2.45, 2.75) is 20.3 Å². The number of carbonyl (C=O) groups excluding carboxylic acids is 1. The molecule has 0 saturated carbocycles. The van der Waals surface area contributed by atoms with Gasteiger partial charge in [-0.15, -0.1) is 12.4 Å². The molecule has 0 saturated heterocycles. The predicted molar refractivity (Wildman–Crippen MR) is 99.5 cm³/mol. The number of hydrogen-bond donors (Lipinski definition) is 3. The Bertz CT molecular complexity index is 623. The highest BCUT2D eigenvalue weighted by Gasteiger charge is 2.13. The molecule has 0 unspecified atom stereocenters. The number of rotatable bonds is 10. The molecule has 0 fully saturated rings. The molecule has 24 heavy (non-hydrogen) atoms. The zero-order chi connectivity index (χ0) is 17.3. The number of methoxy groups -OCH3 is 1. The summed E-state index contributed by atoms with van der Waals surface area (Å²) in [4.78, 5) is 11.9. The summed E-state index contributed by atoms with van der Waals surface area (Å²) in [6.07, 6.45) is 0.540. The van der Waals surface area contributed by atoms with Gasteiger partial charge in [-0.3, -0.25) is 9.52 Å². The fourth-order valence-electron chi connectivity index (χ4n) is 1.94. The average Bonchev–Trinajstić information content (AvgIpc) is 2.47. The predicted octanol–water partition coefficient (Wildman–Crippen LogP) is 1.74. The van der Waals surface area contributed by atoms with Gasteiger partial charge >= 0.3 is 0 Å². The van der Waals surface area contributed by atoms with E-state index in [-0.39, 0.29) is 30.6 Å². The number of halogens is 1.